The molecule has 1 unspecified atom stereocenters. The van der Waals surface area contributed by atoms with Gasteiger partial charge in [-0.1, -0.05) is 49.0 Å². The number of para-hydroxylation sites is 1. The number of alkyl halides is 3. The number of halogens is 3. The fourth-order valence-electron chi connectivity index (χ4n) is 6.22. The Balaban J connectivity index is 1.32. The van der Waals surface area contributed by atoms with E-state index >= 15 is 0 Å². The number of hydrogen-bond donors (Lipinski definition) is 2. The third kappa shape index (κ3) is 6.65. The zero-order chi connectivity index (χ0) is 35.7. The second-order valence-corrected chi connectivity index (χ2v) is 12.3. The summed E-state index contributed by atoms with van der Waals surface area (Å²) in [7, 11) is 1.93. The first-order valence-corrected chi connectivity index (χ1v) is 16.1. The van der Waals surface area contributed by atoms with Gasteiger partial charge in [0.25, 0.3) is 11.8 Å². The Morgan fingerprint density at radius 3 is 2.50 bits per heavy atom. The maximum atomic E-state index is 14.3. The summed E-state index contributed by atoms with van der Waals surface area (Å²) in [5.41, 5.74) is 2.57. The van der Waals surface area contributed by atoms with Crippen molar-refractivity contribution in [1.82, 2.24) is 35.1 Å². The molecule has 3 atom stereocenters. The summed E-state index contributed by atoms with van der Waals surface area (Å²) >= 11 is 0. The van der Waals surface area contributed by atoms with E-state index in [1.807, 2.05) is 56.4 Å². The molecule has 2 aliphatic heterocycles. The number of aromatic nitrogens is 4. The summed E-state index contributed by atoms with van der Waals surface area (Å²) < 4.78 is 46.4. The highest BCUT2D eigenvalue weighted by Crippen LogP contribution is 2.41. The summed E-state index contributed by atoms with van der Waals surface area (Å²) in [4.78, 5) is 44.3. The number of nitrogens with zero attached hydrogens (tertiary/aromatic N) is 6. The molecular weight excluding hydrogens is 653 g/mol. The molecule has 2 aromatic heterocycles. The largest absolute Gasteiger partial charge is 0.504 e. The first-order valence-electron chi connectivity index (χ1n) is 16.1. The van der Waals surface area contributed by atoms with Crippen molar-refractivity contribution in [2.75, 3.05) is 31.7 Å². The maximum Gasteiger partial charge on any atom is 0.504 e. The number of fused-ring (bicyclic) bond motifs is 1. The molecule has 4 aromatic rings. The predicted octanol–water partition coefficient (Wildman–Crippen LogP) is 3.73. The number of amides is 3. The van der Waals surface area contributed by atoms with E-state index in [1.54, 1.807) is 29.9 Å². The van der Waals surface area contributed by atoms with Gasteiger partial charge in [0.15, 0.2) is 0 Å². The van der Waals surface area contributed by atoms with Gasteiger partial charge >= 0.3 is 6.30 Å². The molecule has 1 saturated heterocycles. The van der Waals surface area contributed by atoms with Gasteiger partial charge in [0.05, 0.1) is 31.1 Å². The third-order valence-electron chi connectivity index (χ3n) is 9.28. The lowest BCUT2D eigenvalue weighted by molar-refractivity contribution is -0.212. The van der Waals surface area contributed by atoms with Crippen LogP contribution in [0.15, 0.2) is 85.2 Å². The van der Waals surface area contributed by atoms with Crippen LogP contribution in [0.2, 0.25) is 0 Å². The number of rotatable bonds is 11. The number of carbonyl (C=O) groups is 3. The highest BCUT2D eigenvalue weighted by molar-refractivity contribution is 6.04. The maximum absolute atomic E-state index is 14.3. The fraction of sp³-hybridized carbons (Fsp3) is 0.343. The Kier molecular flexibility index (Phi) is 9.62. The third-order valence-corrected chi connectivity index (χ3v) is 9.28. The topological polar surface area (TPSA) is 127 Å². The highest BCUT2D eigenvalue weighted by atomic mass is 19.4. The van der Waals surface area contributed by atoms with Crippen LogP contribution in [0.4, 0.5) is 19.0 Å². The molecule has 2 aromatic carbocycles. The van der Waals surface area contributed by atoms with Crippen molar-refractivity contribution in [2.45, 2.75) is 50.7 Å². The molecule has 0 radical (unpaired) electrons. The van der Waals surface area contributed by atoms with Crippen molar-refractivity contribution in [1.29, 1.82) is 0 Å². The molecule has 262 valence electrons. The van der Waals surface area contributed by atoms with Gasteiger partial charge in [-0.25, -0.2) is 4.68 Å². The van der Waals surface area contributed by atoms with Crippen molar-refractivity contribution in [3.8, 4) is 5.69 Å². The molecule has 12 nitrogen and oxygen atoms in total. The molecule has 2 aliphatic rings. The molecule has 6 rings (SSSR count). The number of hydrogen-bond acceptors (Lipinski definition) is 7. The number of carbonyl (C=O) groups excluding carboxylic acids is 3. The van der Waals surface area contributed by atoms with E-state index in [4.69, 9.17) is 4.74 Å². The fourth-order valence-corrected chi connectivity index (χ4v) is 6.22. The zero-order valence-electron chi connectivity index (χ0n) is 27.7. The number of likely N-dealkylation sites (N-methyl/N-ethyl adjacent to an activating group) is 2. The first-order chi connectivity index (χ1) is 23.9. The molecule has 3 amide bonds. The van der Waals surface area contributed by atoms with Crippen LogP contribution in [0.5, 0.6) is 0 Å². The standard InChI is InChI=1S/C35H37F3N8O4/c1-5-44-33-27(18-40-46(33)25-12-7-6-8-13-25)29(30(34(44)49)41-32(48)28-14-15-45(42-28)35(36,37)38)24-11-9-10-23(16-24)17-39-31(47)21(2)22(3)43(4)26-19-50-20-26/h6-16,18,22,26,29-30H,2,5,17,19-20H2,1,3-4H3,(H,39,47)(H,41,48)/t22?,29-,30+/m1/s1. The molecule has 2 N–H and O–H groups in total. The number of benzene rings is 2. The summed E-state index contributed by atoms with van der Waals surface area (Å²) in [6.45, 7) is 9.30. The van der Waals surface area contributed by atoms with Crippen LogP contribution in [0, 0.1) is 0 Å². The van der Waals surface area contributed by atoms with E-state index in [1.165, 1.54) is 4.90 Å². The molecule has 15 heteroatoms. The van der Waals surface area contributed by atoms with E-state index < -0.39 is 35.8 Å². The van der Waals surface area contributed by atoms with Gasteiger partial charge in [-0.2, -0.15) is 14.9 Å². The van der Waals surface area contributed by atoms with Gasteiger partial charge in [0, 0.05) is 42.4 Å². The Morgan fingerprint density at radius 2 is 1.86 bits per heavy atom. The van der Waals surface area contributed by atoms with Crippen molar-refractivity contribution in [2.24, 2.45) is 0 Å². The van der Waals surface area contributed by atoms with E-state index in [2.05, 4.69) is 32.3 Å². The Labute approximate surface area is 286 Å². The van der Waals surface area contributed by atoms with Crippen LogP contribution in [-0.4, -0.2) is 87.1 Å². The number of anilines is 1. The Morgan fingerprint density at radius 1 is 1.12 bits per heavy atom. The van der Waals surface area contributed by atoms with Crippen LogP contribution in [0.3, 0.4) is 0 Å². The van der Waals surface area contributed by atoms with Gasteiger partial charge in [-0.15, -0.1) is 13.2 Å². The van der Waals surface area contributed by atoms with Gasteiger partial charge in [-0.3, -0.25) is 24.2 Å². The molecule has 0 aliphatic carbocycles. The quantitative estimate of drug-likeness (QED) is 0.230. The smallest absolute Gasteiger partial charge is 0.378 e. The lowest BCUT2D eigenvalue weighted by atomic mass is 9.82. The van der Waals surface area contributed by atoms with Crippen LogP contribution in [-0.2, 0) is 27.2 Å². The molecule has 0 spiro atoms. The monoisotopic (exact) mass is 690 g/mol. The highest BCUT2D eigenvalue weighted by Gasteiger charge is 2.45. The van der Waals surface area contributed by atoms with E-state index in [9.17, 15) is 27.6 Å². The SMILES string of the molecule is C=C(C(=O)NCc1cccc([C@@H]2c3cnn(-c4ccccc4)c3N(CC)C(=O)[C@H]2NC(=O)c2ccn(C(F)(F)F)n2)c1)C(C)N(C)C1COC1. The molecule has 0 bridgehead atoms. The molecular formula is C35H37F3N8O4. The second-order valence-electron chi connectivity index (χ2n) is 12.3. The van der Waals surface area contributed by atoms with Crippen LogP contribution in [0.1, 0.15) is 46.9 Å². The summed E-state index contributed by atoms with van der Waals surface area (Å²) in [6.07, 6.45) is -2.55. The van der Waals surface area contributed by atoms with Crippen molar-refractivity contribution >= 4 is 23.5 Å². The number of ether oxygens (including phenoxy) is 1. The average molecular weight is 691 g/mol. The minimum atomic E-state index is -4.82. The van der Waals surface area contributed by atoms with Crippen LogP contribution >= 0.6 is 0 Å². The van der Waals surface area contributed by atoms with Crippen LogP contribution < -0.4 is 15.5 Å². The van der Waals surface area contributed by atoms with E-state index in [0.717, 1.165) is 6.07 Å². The van der Waals surface area contributed by atoms with Crippen LogP contribution in [0.25, 0.3) is 5.69 Å². The Bertz CT molecular complexity index is 1900. The normalized spacial score (nSPS) is 18.4. The molecule has 50 heavy (non-hydrogen) atoms. The predicted molar refractivity (Wildman–Crippen MR) is 177 cm³/mol. The Hall–Kier alpha value is -5.28. The van der Waals surface area contributed by atoms with Gasteiger partial charge < -0.3 is 15.4 Å². The van der Waals surface area contributed by atoms with E-state index in [0.29, 0.717) is 53.2 Å². The van der Waals surface area contributed by atoms with E-state index in [-0.39, 0.29) is 35.8 Å². The number of nitrogens with one attached hydrogen (secondary N) is 2. The van der Waals surface area contributed by atoms with Crippen molar-refractivity contribution < 1.29 is 32.3 Å². The molecule has 0 saturated carbocycles. The minimum absolute atomic E-state index is 0.151. The molecule has 1 fully saturated rings. The summed E-state index contributed by atoms with van der Waals surface area (Å²) in [5, 5.41) is 13.6. The molecule has 4 heterocycles. The van der Waals surface area contributed by atoms with Crippen molar-refractivity contribution in [3.05, 3.63) is 108 Å². The first kappa shape index (κ1) is 34.6. The lowest BCUT2D eigenvalue weighted by Crippen LogP contribution is -2.55. The summed E-state index contributed by atoms with van der Waals surface area (Å²) in [6, 6.07) is 16.2. The minimum Gasteiger partial charge on any atom is -0.378 e. The van der Waals surface area contributed by atoms with Gasteiger partial charge in [0.2, 0.25) is 5.91 Å². The second kappa shape index (κ2) is 13.9. The zero-order valence-corrected chi connectivity index (χ0v) is 27.7. The summed E-state index contributed by atoms with van der Waals surface area (Å²) in [5.74, 6) is -2.02. The van der Waals surface area contributed by atoms with Gasteiger partial charge in [-0.05, 0) is 50.2 Å². The average Bonchev–Trinajstić information content (AvgIpc) is 3.76. The van der Waals surface area contributed by atoms with Gasteiger partial charge in [0.1, 0.15) is 17.6 Å². The lowest BCUT2D eigenvalue weighted by Gasteiger charge is -2.38. The van der Waals surface area contributed by atoms with Crippen molar-refractivity contribution in [3.63, 3.8) is 0 Å².